The molecular weight excluding hydrogens is 244 g/mol. The Labute approximate surface area is 110 Å². The van der Waals surface area contributed by atoms with Crippen molar-refractivity contribution in [2.45, 2.75) is 0 Å². The highest BCUT2D eigenvalue weighted by atomic mass is 16.5. The molecule has 0 unspecified atom stereocenters. The first-order valence-corrected chi connectivity index (χ1v) is 5.52. The molecule has 0 saturated carbocycles. The van der Waals surface area contributed by atoms with Gasteiger partial charge >= 0.3 is 0 Å². The molecular formula is C14H12N2O3. The molecule has 96 valence electrons. The van der Waals surface area contributed by atoms with Crippen LogP contribution in [0, 0.1) is 11.8 Å². The van der Waals surface area contributed by atoms with Crippen molar-refractivity contribution in [3.8, 4) is 23.6 Å². The van der Waals surface area contributed by atoms with Crippen LogP contribution in [0.15, 0.2) is 35.3 Å². The van der Waals surface area contributed by atoms with E-state index in [0.29, 0.717) is 0 Å². The quantitative estimate of drug-likeness (QED) is 0.820. The van der Waals surface area contributed by atoms with Crippen LogP contribution in [0.5, 0.6) is 11.8 Å². The van der Waals surface area contributed by atoms with Gasteiger partial charge in [0.1, 0.15) is 11.3 Å². The number of nitrogens with zero attached hydrogens (tertiary/aromatic N) is 1. The van der Waals surface area contributed by atoms with Gasteiger partial charge in [-0.15, -0.1) is 0 Å². The standard InChI is InChI=1S/C14H12N2O3/c1-18-12-7-4-10(5-8-12)3-6-11-9-15-14(19-2)16-13(11)17/h4-5,7-9H,1-2H3,(H,15,16,17). The summed E-state index contributed by atoms with van der Waals surface area (Å²) in [6, 6.07) is 7.41. The van der Waals surface area contributed by atoms with Crippen molar-refractivity contribution in [1.82, 2.24) is 9.97 Å². The summed E-state index contributed by atoms with van der Waals surface area (Å²) in [5, 5.41) is 0. The number of nitrogens with one attached hydrogen (secondary N) is 1. The SMILES string of the molecule is COc1ccc(C#Cc2cnc(OC)[nH]c2=O)cc1. The van der Waals surface area contributed by atoms with Crippen molar-refractivity contribution in [2.24, 2.45) is 0 Å². The van der Waals surface area contributed by atoms with E-state index in [9.17, 15) is 4.79 Å². The van der Waals surface area contributed by atoms with Gasteiger partial charge in [-0.1, -0.05) is 11.8 Å². The van der Waals surface area contributed by atoms with Crippen LogP contribution in [0.3, 0.4) is 0 Å². The normalized spacial score (nSPS) is 9.37. The average molecular weight is 256 g/mol. The van der Waals surface area contributed by atoms with Crippen molar-refractivity contribution in [3.05, 3.63) is 51.9 Å². The van der Waals surface area contributed by atoms with E-state index >= 15 is 0 Å². The number of aromatic nitrogens is 2. The summed E-state index contributed by atoms with van der Waals surface area (Å²) in [6.45, 7) is 0. The van der Waals surface area contributed by atoms with E-state index < -0.39 is 0 Å². The van der Waals surface area contributed by atoms with Crippen LogP contribution in [0.2, 0.25) is 0 Å². The zero-order chi connectivity index (χ0) is 13.7. The third-order valence-corrected chi connectivity index (χ3v) is 2.40. The highest BCUT2D eigenvalue weighted by Gasteiger charge is 1.99. The zero-order valence-electron chi connectivity index (χ0n) is 10.6. The van der Waals surface area contributed by atoms with E-state index in [2.05, 4.69) is 21.8 Å². The Morgan fingerprint density at radius 2 is 1.84 bits per heavy atom. The highest BCUT2D eigenvalue weighted by Crippen LogP contribution is 2.10. The lowest BCUT2D eigenvalue weighted by molar-refractivity contribution is 0.378. The van der Waals surface area contributed by atoms with Crippen LogP contribution in [-0.4, -0.2) is 24.2 Å². The van der Waals surface area contributed by atoms with Crippen molar-refractivity contribution >= 4 is 0 Å². The van der Waals surface area contributed by atoms with Crippen LogP contribution in [0.1, 0.15) is 11.1 Å². The molecule has 2 rings (SSSR count). The molecule has 0 spiro atoms. The Hall–Kier alpha value is -2.74. The number of H-pyrrole nitrogens is 1. The van der Waals surface area contributed by atoms with Crippen molar-refractivity contribution in [1.29, 1.82) is 0 Å². The topological polar surface area (TPSA) is 64.2 Å². The molecule has 0 aliphatic rings. The Balaban J connectivity index is 2.25. The number of hydrogen-bond donors (Lipinski definition) is 1. The van der Waals surface area contributed by atoms with Crippen LogP contribution in [0.25, 0.3) is 0 Å². The minimum Gasteiger partial charge on any atom is -0.497 e. The molecule has 0 atom stereocenters. The molecule has 0 saturated heterocycles. The van der Waals surface area contributed by atoms with Gasteiger partial charge in [-0.2, -0.15) is 0 Å². The fourth-order valence-corrected chi connectivity index (χ4v) is 1.39. The van der Waals surface area contributed by atoms with Gasteiger partial charge in [-0.25, -0.2) is 4.98 Å². The molecule has 1 N–H and O–H groups in total. The summed E-state index contributed by atoms with van der Waals surface area (Å²) in [6.07, 6.45) is 1.38. The smallest absolute Gasteiger partial charge is 0.296 e. The van der Waals surface area contributed by atoms with E-state index in [1.165, 1.54) is 13.3 Å². The predicted octanol–water partition coefficient (Wildman–Crippen LogP) is 1.19. The third-order valence-electron chi connectivity index (χ3n) is 2.40. The predicted molar refractivity (Wildman–Crippen MR) is 70.4 cm³/mol. The molecule has 2 aromatic rings. The molecule has 1 heterocycles. The first-order chi connectivity index (χ1) is 9.22. The number of benzene rings is 1. The zero-order valence-corrected chi connectivity index (χ0v) is 10.6. The minimum absolute atomic E-state index is 0.167. The van der Waals surface area contributed by atoms with Gasteiger partial charge in [-0.3, -0.25) is 9.78 Å². The van der Waals surface area contributed by atoms with Crippen molar-refractivity contribution < 1.29 is 9.47 Å². The van der Waals surface area contributed by atoms with E-state index in [0.717, 1.165) is 11.3 Å². The molecule has 0 fully saturated rings. The molecule has 0 aliphatic heterocycles. The summed E-state index contributed by atoms with van der Waals surface area (Å²) in [7, 11) is 3.03. The van der Waals surface area contributed by atoms with Gasteiger partial charge < -0.3 is 9.47 Å². The Kier molecular flexibility index (Phi) is 3.84. The fraction of sp³-hybridized carbons (Fsp3) is 0.143. The van der Waals surface area contributed by atoms with Gasteiger partial charge in [0.05, 0.1) is 20.4 Å². The van der Waals surface area contributed by atoms with Crippen molar-refractivity contribution in [2.75, 3.05) is 14.2 Å². The maximum absolute atomic E-state index is 11.6. The van der Waals surface area contributed by atoms with E-state index in [4.69, 9.17) is 9.47 Å². The summed E-state index contributed by atoms with van der Waals surface area (Å²) < 4.78 is 9.86. The third kappa shape index (κ3) is 3.13. The molecule has 1 aromatic heterocycles. The second kappa shape index (κ2) is 5.74. The molecule has 19 heavy (non-hydrogen) atoms. The van der Waals surface area contributed by atoms with E-state index in [1.807, 2.05) is 12.1 Å². The molecule has 0 bridgehead atoms. The molecule has 0 amide bonds. The molecule has 0 aliphatic carbocycles. The maximum atomic E-state index is 11.6. The first-order valence-electron chi connectivity index (χ1n) is 5.52. The van der Waals surface area contributed by atoms with Gasteiger partial charge in [0.25, 0.3) is 11.6 Å². The minimum atomic E-state index is -0.326. The number of hydrogen-bond acceptors (Lipinski definition) is 4. The number of ether oxygens (including phenoxy) is 2. The number of aromatic amines is 1. The van der Waals surface area contributed by atoms with Gasteiger partial charge in [-0.05, 0) is 24.3 Å². The molecule has 1 aromatic carbocycles. The van der Waals surface area contributed by atoms with Crippen LogP contribution in [-0.2, 0) is 0 Å². The fourth-order valence-electron chi connectivity index (χ4n) is 1.39. The Morgan fingerprint density at radius 1 is 1.11 bits per heavy atom. The van der Waals surface area contributed by atoms with Crippen LogP contribution >= 0.6 is 0 Å². The second-order valence-electron chi connectivity index (χ2n) is 3.61. The van der Waals surface area contributed by atoms with E-state index in [-0.39, 0.29) is 17.1 Å². The summed E-state index contributed by atoms with van der Waals surface area (Å²) in [5.41, 5.74) is 0.750. The van der Waals surface area contributed by atoms with Gasteiger partial charge in [0.15, 0.2) is 0 Å². The van der Waals surface area contributed by atoms with Crippen molar-refractivity contribution in [3.63, 3.8) is 0 Å². The monoisotopic (exact) mass is 256 g/mol. The lowest BCUT2D eigenvalue weighted by atomic mass is 10.2. The Morgan fingerprint density at radius 3 is 2.42 bits per heavy atom. The lowest BCUT2D eigenvalue weighted by Crippen LogP contribution is -2.12. The lowest BCUT2D eigenvalue weighted by Gasteiger charge is -1.98. The van der Waals surface area contributed by atoms with Gasteiger partial charge in [0.2, 0.25) is 0 Å². The van der Waals surface area contributed by atoms with Crippen LogP contribution in [0.4, 0.5) is 0 Å². The molecule has 0 radical (unpaired) electrons. The largest absolute Gasteiger partial charge is 0.497 e. The number of rotatable bonds is 2. The number of methoxy groups -OCH3 is 2. The van der Waals surface area contributed by atoms with Crippen LogP contribution < -0.4 is 15.0 Å². The summed E-state index contributed by atoms with van der Waals surface area (Å²) >= 11 is 0. The summed E-state index contributed by atoms with van der Waals surface area (Å²) in [5.74, 6) is 6.41. The average Bonchev–Trinajstić information content (AvgIpc) is 2.46. The maximum Gasteiger partial charge on any atom is 0.296 e. The van der Waals surface area contributed by atoms with Gasteiger partial charge in [0, 0.05) is 5.56 Å². The molecule has 5 nitrogen and oxygen atoms in total. The van der Waals surface area contributed by atoms with E-state index in [1.54, 1.807) is 19.2 Å². The second-order valence-corrected chi connectivity index (χ2v) is 3.61. The highest BCUT2D eigenvalue weighted by molar-refractivity contribution is 5.43. The Bertz CT molecular complexity index is 678. The summed E-state index contributed by atoms with van der Waals surface area (Å²) in [4.78, 5) is 18.0. The first kappa shape index (κ1) is 12.7. The molecule has 5 heteroatoms.